The third-order valence-corrected chi connectivity index (χ3v) is 8.63. The first-order valence-electron chi connectivity index (χ1n) is 15.1. The molecule has 0 spiro atoms. The van der Waals surface area contributed by atoms with E-state index >= 15 is 0 Å². The van der Waals surface area contributed by atoms with Crippen LogP contribution in [0.15, 0.2) is 48.8 Å². The Morgan fingerprint density at radius 2 is 1.57 bits per heavy atom. The van der Waals surface area contributed by atoms with E-state index < -0.39 is 53.1 Å². The molecular formula is C32H35F6N5O4. The molecule has 254 valence electrons. The van der Waals surface area contributed by atoms with Crippen LogP contribution in [0.2, 0.25) is 0 Å². The number of hydrogen-bond donors (Lipinski definition) is 1. The molecule has 3 heterocycles. The van der Waals surface area contributed by atoms with Gasteiger partial charge in [0.25, 0.3) is 5.91 Å². The lowest BCUT2D eigenvalue weighted by atomic mass is 9.97. The van der Waals surface area contributed by atoms with E-state index in [0.717, 1.165) is 16.7 Å². The molecule has 3 aromatic rings. The number of aromatic nitrogens is 2. The normalized spacial score (nSPS) is 19.1. The van der Waals surface area contributed by atoms with Gasteiger partial charge in [0.05, 0.1) is 30.5 Å². The van der Waals surface area contributed by atoms with Crippen LogP contribution in [0.5, 0.6) is 0 Å². The minimum absolute atomic E-state index is 0.00934. The van der Waals surface area contributed by atoms with E-state index in [9.17, 15) is 41.0 Å². The van der Waals surface area contributed by atoms with Crippen LogP contribution in [-0.2, 0) is 34.8 Å². The molecule has 15 heteroatoms. The van der Waals surface area contributed by atoms with Crippen LogP contribution < -0.4 is 0 Å². The van der Waals surface area contributed by atoms with Gasteiger partial charge < -0.3 is 14.7 Å². The average Bonchev–Trinajstić information content (AvgIpc) is 3.45. The van der Waals surface area contributed by atoms with E-state index in [1.807, 2.05) is 36.9 Å². The zero-order valence-corrected chi connectivity index (χ0v) is 25.8. The molecule has 2 aliphatic heterocycles. The molecule has 47 heavy (non-hydrogen) atoms. The van der Waals surface area contributed by atoms with Gasteiger partial charge >= 0.3 is 18.3 Å². The summed E-state index contributed by atoms with van der Waals surface area (Å²) in [6.45, 7) is 6.46. The number of carboxylic acids is 1. The molecule has 2 saturated heterocycles. The first kappa shape index (κ1) is 34.4. The number of rotatable bonds is 8. The molecule has 0 saturated carbocycles. The molecule has 9 nitrogen and oxygen atoms in total. The molecule has 2 aromatic carbocycles. The van der Waals surface area contributed by atoms with Crippen molar-refractivity contribution in [2.45, 2.75) is 51.4 Å². The van der Waals surface area contributed by atoms with E-state index in [0.29, 0.717) is 57.0 Å². The Balaban J connectivity index is 1.40. The summed E-state index contributed by atoms with van der Waals surface area (Å²) in [5, 5.41) is 14.2. The van der Waals surface area contributed by atoms with Crippen LogP contribution in [0.1, 0.15) is 49.9 Å². The Bertz CT molecular complexity index is 1570. The van der Waals surface area contributed by atoms with Gasteiger partial charge in [0.2, 0.25) is 6.17 Å². The van der Waals surface area contributed by atoms with Gasteiger partial charge in [0.15, 0.2) is 0 Å². The number of aryl methyl sites for hydroxylation is 2. The smallest absolute Gasteiger partial charge is 0.416 e. The first-order valence-corrected chi connectivity index (χ1v) is 15.1. The number of piperazine rings is 1. The highest BCUT2D eigenvalue weighted by Crippen LogP contribution is 2.37. The highest BCUT2D eigenvalue weighted by Gasteiger charge is 2.39. The van der Waals surface area contributed by atoms with E-state index in [4.69, 9.17) is 4.74 Å². The van der Waals surface area contributed by atoms with Crippen molar-refractivity contribution < 1.29 is 45.8 Å². The van der Waals surface area contributed by atoms with Gasteiger partial charge in [0.1, 0.15) is 0 Å². The summed E-state index contributed by atoms with van der Waals surface area (Å²) in [5.74, 6) is -1.98. The van der Waals surface area contributed by atoms with Gasteiger partial charge in [-0.05, 0) is 55.2 Å². The Morgan fingerprint density at radius 3 is 2.17 bits per heavy atom. The molecule has 0 bridgehead atoms. The number of morpholine rings is 1. The minimum atomic E-state index is -5.08. The average molecular weight is 668 g/mol. The Labute approximate surface area is 267 Å². The van der Waals surface area contributed by atoms with Crippen molar-refractivity contribution in [2.75, 3.05) is 45.9 Å². The first-order chi connectivity index (χ1) is 22.1. The molecule has 0 radical (unpaired) electrons. The second kappa shape index (κ2) is 13.6. The summed E-state index contributed by atoms with van der Waals surface area (Å²) >= 11 is 0. The molecule has 0 aliphatic carbocycles. The maximum Gasteiger partial charge on any atom is 0.416 e. The van der Waals surface area contributed by atoms with Gasteiger partial charge in [-0.2, -0.15) is 31.4 Å². The number of benzene rings is 2. The maximum absolute atomic E-state index is 13.7. The Morgan fingerprint density at radius 1 is 0.915 bits per heavy atom. The molecule has 1 aromatic heterocycles. The number of nitrogens with zero attached hydrogens (tertiary/aromatic N) is 5. The predicted molar refractivity (Wildman–Crippen MR) is 157 cm³/mol. The summed E-state index contributed by atoms with van der Waals surface area (Å²) in [5.41, 5.74) is -0.162. The second-order valence-electron chi connectivity index (χ2n) is 12.0. The fourth-order valence-corrected chi connectivity index (χ4v) is 6.06. The fourth-order valence-electron chi connectivity index (χ4n) is 6.06. The monoisotopic (exact) mass is 667 g/mol. The Kier molecular flexibility index (Phi) is 9.99. The van der Waals surface area contributed by atoms with Crippen molar-refractivity contribution in [1.82, 2.24) is 24.5 Å². The lowest BCUT2D eigenvalue weighted by molar-refractivity contribution is -0.150. The van der Waals surface area contributed by atoms with Crippen LogP contribution in [0.25, 0.3) is 0 Å². The summed E-state index contributed by atoms with van der Waals surface area (Å²) in [6.07, 6.45) is -7.67. The van der Waals surface area contributed by atoms with Crippen LogP contribution in [0, 0.1) is 13.8 Å². The molecule has 2 aliphatic rings. The van der Waals surface area contributed by atoms with Crippen LogP contribution in [0.4, 0.5) is 26.3 Å². The van der Waals surface area contributed by atoms with E-state index in [1.165, 1.54) is 9.58 Å². The largest absolute Gasteiger partial charge is 0.479 e. The molecule has 1 N–H and O–H groups in total. The molecule has 5 rings (SSSR count). The number of aliphatic carboxylic acids is 1. The lowest BCUT2D eigenvalue weighted by Crippen LogP contribution is -2.55. The van der Waals surface area contributed by atoms with Gasteiger partial charge in [-0.3, -0.25) is 14.6 Å². The standard InChI is InChI=1S/C32H35F6N5O4/c1-20-3-4-22(11-21(20)2)12-27-19-40(17-23-16-39-43(18-23)28(30(45)46)41-7-9-47-10-8-41)5-6-42(27)29(44)24-13-25(31(33,34)35)15-26(14-24)32(36,37)38/h3-4,11,13-16,18,27-28H,5-10,12,17,19H2,1-2H3,(H,45,46)/t27-,28?/m1/s1. The van der Waals surface area contributed by atoms with Crippen LogP contribution in [0.3, 0.4) is 0 Å². The van der Waals surface area contributed by atoms with Crippen molar-refractivity contribution in [2.24, 2.45) is 0 Å². The van der Waals surface area contributed by atoms with Crippen molar-refractivity contribution >= 4 is 11.9 Å². The molecule has 2 fully saturated rings. The summed E-state index contributed by atoms with van der Waals surface area (Å²) < 4.78 is 88.2. The third kappa shape index (κ3) is 8.14. The van der Waals surface area contributed by atoms with E-state index in [1.54, 1.807) is 17.3 Å². The number of halogens is 6. The quantitative estimate of drug-likeness (QED) is 0.338. The number of carbonyl (C=O) groups excluding carboxylic acids is 1. The maximum atomic E-state index is 13.7. The highest BCUT2D eigenvalue weighted by atomic mass is 19.4. The molecule has 2 atom stereocenters. The zero-order valence-electron chi connectivity index (χ0n) is 25.8. The number of amides is 1. The SMILES string of the molecule is Cc1ccc(C[C@@H]2CN(Cc3cnn(C(C(=O)O)N4CCOCC4)c3)CCN2C(=O)c2cc(C(F)(F)F)cc(C(F)(F)F)c2)cc1C. The van der Waals surface area contributed by atoms with Gasteiger partial charge in [-0.1, -0.05) is 18.2 Å². The van der Waals surface area contributed by atoms with Gasteiger partial charge in [-0.15, -0.1) is 0 Å². The molecular weight excluding hydrogens is 632 g/mol. The fraction of sp³-hybridized carbons (Fsp3) is 0.469. The molecule has 1 amide bonds. The highest BCUT2D eigenvalue weighted by molar-refractivity contribution is 5.95. The van der Waals surface area contributed by atoms with Gasteiger partial charge in [0, 0.05) is 62.6 Å². The van der Waals surface area contributed by atoms with Gasteiger partial charge in [-0.25, -0.2) is 9.48 Å². The summed E-state index contributed by atoms with van der Waals surface area (Å²) in [7, 11) is 0. The van der Waals surface area contributed by atoms with Crippen LogP contribution >= 0.6 is 0 Å². The number of ether oxygens (including phenoxy) is 1. The van der Waals surface area contributed by atoms with E-state index in [-0.39, 0.29) is 25.7 Å². The van der Waals surface area contributed by atoms with Crippen molar-refractivity contribution in [1.29, 1.82) is 0 Å². The van der Waals surface area contributed by atoms with E-state index in [2.05, 4.69) is 5.10 Å². The van der Waals surface area contributed by atoms with Crippen molar-refractivity contribution in [3.63, 3.8) is 0 Å². The third-order valence-electron chi connectivity index (χ3n) is 8.63. The second-order valence-corrected chi connectivity index (χ2v) is 12.0. The lowest BCUT2D eigenvalue weighted by Gasteiger charge is -2.42. The molecule has 1 unspecified atom stereocenters. The summed E-state index contributed by atoms with van der Waals surface area (Å²) in [4.78, 5) is 31.0. The van der Waals surface area contributed by atoms with Crippen LogP contribution in [-0.4, -0.2) is 93.4 Å². The number of alkyl halides is 6. The number of carbonyl (C=O) groups is 2. The topological polar surface area (TPSA) is 91.1 Å². The van der Waals surface area contributed by atoms with Crippen molar-refractivity contribution in [3.8, 4) is 0 Å². The predicted octanol–water partition coefficient (Wildman–Crippen LogP) is 5.02. The zero-order chi connectivity index (χ0) is 34.1. The number of carboxylic acid groups (broad SMARTS) is 1. The minimum Gasteiger partial charge on any atom is -0.479 e. The summed E-state index contributed by atoms with van der Waals surface area (Å²) in [6, 6.07) is 6.12. The van der Waals surface area contributed by atoms with Crippen molar-refractivity contribution in [3.05, 3.63) is 87.7 Å². The Hall–Kier alpha value is -3.95. The number of hydrogen-bond acceptors (Lipinski definition) is 6.